The minimum absolute atomic E-state index is 0.116. The fourth-order valence-corrected chi connectivity index (χ4v) is 3.03. The van der Waals surface area contributed by atoms with E-state index < -0.39 is 5.91 Å². The first-order chi connectivity index (χ1) is 14.2. The summed E-state index contributed by atoms with van der Waals surface area (Å²) in [6, 6.07) is 22.2. The Hall–Kier alpha value is -3.77. The van der Waals surface area contributed by atoms with Gasteiger partial charge in [-0.25, -0.2) is 5.43 Å². The summed E-state index contributed by atoms with van der Waals surface area (Å²) in [5.41, 5.74) is 4.05. The Labute approximate surface area is 173 Å². The number of carbonyl (C=O) groups is 2. The van der Waals surface area contributed by atoms with Gasteiger partial charge in [0, 0.05) is 16.7 Å². The van der Waals surface area contributed by atoms with Crippen molar-refractivity contribution in [1.82, 2.24) is 10.7 Å². The summed E-state index contributed by atoms with van der Waals surface area (Å²) in [4.78, 5) is 25.8. The van der Waals surface area contributed by atoms with Crippen LogP contribution in [0.3, 0.4) is 0 Å². The van der Waals surface area contributed by atoms with Crippen LogP contribution in [0.1, 0.15) is 20.8 Å². The van der Waals surface area contributed by atoms with E-state index in [9.17, 15) is 9.59 Å². The summed E-state index contributed by atoms with van der Waals surface area (Å²) in [5.74, 6) is -0.872. The Balaban J connectivity index is 1.67. The van der Waals surface area contributed by atoms with E-state index in [1.807, 2.05) is 60.0 Å². The lowest BCUT2D eigenvalue weighted by atomic mass is 10.2. The summed E-state index contributed by atoms with van der Waals surface area (Å²) in [6.45, 7) is 0. The molecule has 0 bridgehead atoms. The van der Waals surface area contributed by atoms with Gasteiger partial charge in [0.05, 0.1) is 0 Å². The van der Waals surface area contributed by atoms with Crippen LogP contribution < -0.4 is 10.7 Å². The highest BCUT2D eigenvalue weighted by Gasteiger charge is 2.14. The minimum atomic E-state index is -0.507. The maximum atomic E-state index is 12.5. The second-order valence-electron chi connectivity index (χ2n) is 5.88. The molecule has 0 fully saturated rings. The van der Waals surface area contributed by atoms with Crippen LogP contribution in [0.2, 0.25) is 0 Å². The van der Waals surface area contributed by atoms with Crippen molar-refractivity contribution in [1.29, 1.82) is 0 Å². The predicted molar refractivity (Wildman–Crippen MR) is 118 cm³/mol. The van der Waals surface area contributed by atoms with Crippen LogP contribution in [0.4, 0.5) is 0 Å². The van der Waals surface area contributed by atoms with Crippen molar-refractivity contribution in [3.63, 3.8) is 0 Å². The van der Waals surface area contributed by atoms with Crippen molar-refractivity contribution in [2.45, 2.75) is 0 Å². The Morgan fingerprint density at radius 3 is 2.31 bits per heavy atom. The van der Waals surface area contributed by atoms with Gasteiger partial charge in [0.2, 0.25) is 0 Å². The highest BCUT2D eigenvalue weighted by molar-refractivity contribution is 7.10. The first kappa shape index (κ1) is 20.0. The molecule has 0 aliphatic heterocycles. The van der Waals surface area contributed by atoms with E-state index in [4.69, 9.17) is 0 Å². The van der Waals surface area contributed by atoms with Gasteiger partial charge >= 0.3 is 0 Å². The van der Waals surface area contributed by atoms with E-state index in [1.165, 1.54) is 17.6 Å². The summed E-state index contributed by atoms with van der Waals surface area (Å²) in [7, 11) is 0. The van der Waals surface area contributed by atoms with E-state index in [2.05, 4.69) is 15.8 Å². The molecule has 2 aromatic carbocycles. The molecule has 1 aromatic heterocycles. The molecule has 3 rings (SSSR count). The second-order valence-corrected chi connectivity index (χ2v) is 6.86. The Morgan fingerprint density at radius 2 is 1.62 bits per heavy atom. The average molecular weight is 401 g/mol. The largest absolute Gasteiger partial charge is 0.317 e. The summed E-state index contributed by atoms with van der Waals surface area (Å²) >= 11 is 1.46. The van der Waals surface area contributed by atoms with E-state index in [0.717, 1.165) is 10.4 Å². The normalized spacial score (nSPS) is 11.7. The molecule has 0 saturated carbocycles. The van der Waals surface area contributed by atoms with Gasteiger partial charge in [-0.1, -0.05) is 60.7 Å². The van der Waals surface area contributed by atoms with Crippen LogP contribution in [0.25, 0.3) is 12.2 Å². The van der Waals surface area contributed by atoms with Crippen molar-refractivity contribution in [2.75, 3.05) is 0 Å². The van der Waals surface area contributed by atoms with Crippen molar-refractivity contribution >= 4 is 41.5 Å². The second kappa shape index (κ2) is 10.5. The number of nitrogens with zero attached hydrogens (tertiary/aromatic N) is 1. The van der Waals surface area contributed by atoms with Crippen molar-refractivity contribution in [2.24, 2.45) is 5.10 Å². The van der Waals surface area contributed by atoms with Gasteiger partial charge in [0.25, 0.3) is 11.8 Å². The van der Waals surface area contributed by atoms with Gasteiger partial charge in [0.15, 0.2) is 0 Å². The number of amides is 2. The van der Waals surface area contributed by atoms with Gasteiger partial charge in [0.1, 0.15) is 5.70 Å². The lowest BCUT2D eigenvalue weighted by Crippen LogP contribution is -2.32. The summed E-state index contributed by atoms with van der Waals surface area (Å²) in [5, 5.41) is 8.48. The third kappa shape index (κ3) is 6.41. The molecule has 144 valence electrons. The zero-order valence-electron chi connectivity index (χ0n) is 15.5. The molecule has 5 nitrogen and oxygen atoms in total. The number of rotatable bonds is 7. The fourth-order valence-electron chi connectivity index (χ4n) is 2.38. The van der Waals surface area contributed by atoms with Crippen LogP contribution in [0.15, 0.2) is 95.1 Å². The van der Waals surface area contributed by atoms with E-state index in [-0.39, 0.29) is 11.6 Å². The molecule has 0 atom stereocenters. The van der Waals surface area contributed by atoms with Crippen molar-refractivity contribution < 1.29 is 9.59 Å². The molecule has 0 saturated heterocycles. The van der Waals surface area contributed by atoms with Crippen LogP contribution in [0.5, 0.6) is 0 Å². The van der Waals surface area contributed by atoms with Crippen molar-refractivity contribution in [3.05, 3.63) is 106 Å². The van der Waals surface area contributed by atoms with Gasteiger partial charge in [-0.05, 0) is 41.3 Å². The predicted octanol–water partition coefficient (Wildman–Crippen LogP) is 4.33. The Bertz CT molecular complexity index is 1020. The van der Waals surface area contributed by atoms with Crippen LogP contribution >= 0.6 is 11.3 Å². The molecule has 29 heavy (non-hydrogen) atoms. The molecular weight excluding hydrogens is 382 g/mol. The molecule has 0 aliphatic carbocycles. The molecule has 2 amide bonds. The summed E-state index contributed by atoms with van der Waals surface area (Å²) in [6.07, 6.45) is 6.69. The molecule has 2 N–H and O–H groups in total. The highest BCUT2D eigenvalue weighted by atomic mass is 32.1. The van der Waals surface area contributed by atoms with Gasteiger partial charge in [-0.15, -0.1) is 11.3 Å². The van der Waals surface area contributed by atoms with Gasteiger partial charge < -0.3 is 5.32 Å². The fraction of sp³-hybridized carbons (Fsp3) is 0. The van der Waals surface area contributed by atoms with Crippen LogP contribution in [-0.2, 0) is 4.79 Å². The SMILES string of the molecule is O=C(NN=C/C=C/c1ccccc1)/C(=C\c1cccs1)NC(=O)c1ccccc1. The number of nitrogens with one attached hydrogen (secondary N) is 2. The van der Waals surface area contributed by atoms with E-state index >= 15 is 0 Å². The highest BCUT2D eigenvalue weighted by Crippen LogP contribution is 2.13. The third-order valence-corrected chi connectivity index (χ3v) is 4.59. The number of allylic oxidation sites excluding steroid dienone is 1. The van der Waals surface area contributed by atoms with Crippen LogP contribution in [0, 0.1) is 0 Å². The molecule has 0 radical (unpaired) electrons. The van der Waals surface area contributed by atoms with Gasteiger partial charge in [-0.2, -0.15) is 5.10 Å². The Kier molecular flexibility index (Phi) is 7.26. The lowest BCUT2D eigenvalue weighted by Gasteiger charge is -2.08. The number of hydrogen-bond donors (Lipinski definition) is 2. The number of hydrogen-bond acceptors (Lipinski definition) is 4. The van der Waals surface area contributed by atoms with E-state index in [1.54, 1.807) is 36.4 Å². The van der Waals surface area contributed by atoms with E-state index in [0.29, 0.717) is 5.56 Å². The summed E-state index contributed by atoms with van der Waals surface area (Å²) < 4.78 is 0. The number of hydrazone groups is 1. The number of benzene rings is 2. The molecule has 0 aliphatic rings. The monoisotopic (exact) mass is 401 g/mol. The van der Waals surface area contributed by atoms with Crippen LogP contribution in [-0.4, -0.2) is 18.0 Å². The average Bonchev–Trinajstić information content (AvgIpc) is 3.27. The minimum Gasteiger partial charge on any atom is -0.317 e. The third-order valence-electron chi connectivity index (χ3n) is 3.77. The smallest absolute Gasteiger partial charge is 0.287 e. The van der Waals surface area contributed by atoms with Crippen molar-refractivity contribution in [3.8, 4) is 0 Å². The standard InChI is InChI=1S/C23H19N3O2S/c27-22(19-12-5-2-6-13-19)25-21(17-20-14-8-16-29-20)23(28)26-24-15-7-11-18-9-3-1-4-10-18/h1-17H,(H,25,27)(H,26,28)/b11-7+,21-17+,24-15?. The number of carbonyl (C=O) groups excluding carboxylic acids is 2. The van der Waals surface area contributed by atoms with Gasteiger partial charge in [-0.3, -0.25) is 9.59 Å². The topological polar surface area (TPSA) is 70.6 Å². The Morgan fingerprint density at radius 1 is 0.897 bits per heavy atom. The molecule has 0 unspecified atom stereocenters. The zero-order chi connectivity index (χ0) is 20.3. The molecule has 0 spiro atoms. The molecule has 3 aromatic rings. The first-order valence-electron chi connectivity index (χ1n) is 8.89. The lowest BCUT2D eigenvalue weighted by molar-refractivity contribution is -0.117. The quantitative estimate of drug-likeness (QED) is 0.351. The maximum absolute atomic E-state index is 12.5. The molecular formula is C23H19N3O2S. The maximum Gasteiger partial charge on any atom is 0.287 e. The zero-order valence-corrected chi connectivity index (χ0v) is 16.3. The first-order valence-corrected chi connectivity index (χ1v) is 9.77. The molecule has 1 heterocycles. The molecule has 6 heteroatoms. The number of thiophene rings is 1.